The molecule has 1 aromatic carbocycles. The zero-order chi connectivity index (χ0) is 14.2. The molecule has 1 aliphatic heterocycles. The largest absolute Gasteiger partial charge is 0.487 e. The minimum Gasteiger partial charge on any atom is -0.487 e. The lowest BCUT2D eigenvalue weighted by Crippen LogP contribution is -2.55. The Morgan fingerprint density at radius 2 is 2.05 bits per heavy atom. The second-order valence-corrected chi connectivity index (χ2v) is 4.47. The molecule has 1 aromatic rings. The third-order valence-electron chi connectivity index (χ3n) is 2.66. The van der Waals surface area contributed by atoms with E-state index < -0.39 is 29.0 Å². The Morgan fingerprint density at radius 1 is 1.42 bits per heavy atom. The van der Waals surface area contributed by atoms with Crippen molar-refractivity contribution in [1.82, 2.24) is 4.90 Å². The van der Waals surface area contributed by atoms with Crippen molar-refractivity contribution in [3.63, 3.8) is 0 Å². The third-order valence-corrected chi connectivity index (χ3v) is 2.99. The van der Waals surface area contributed by atoms with Crippen LogP contribution >= 0.6 is 11.6 Å². The molecule has 4 nitrogen and oxygen atoms in total. The highest BCUT2D eigenvalue weighted by atomic mass is 35.5. The molecule has 1 saturated heterocycles. The third kappa shape index (κ3) is 3.04. The summed E-state index contributed by atoms with van der Waals surface area (Å²) in [6.07, 6.45) is -6.06. The molecular weight excluding hydrogens is 287 g/mol. The summed E-state index contributed by atoms with van der Waals surface area (Å²) in [6, 6.07) is 3.24. The van der Waals surface area contributed by atoms with Crippen LogP contribution in [0.4, 0.5) is 18.0 Å². The van der Waals surface area contributed by atoms with Crippen LogP contribution in [0, 0.1) is 0 Å². The number of nitrogens with zero attached hydrogens (tertiary/aromatic N) is 1. The lowest BCUT2D eigenvalue weighted by molar-refractivity contribution is -0.137. The van der Waals surface area contributed by atoms with Gasteiger partial charge in [0.05, 0.1) is 23.7 Å². The van der Waals surface area contributed by atoms with Crippen LogP contribution in [0.15, 0.2) is 18.2 Å². The van der Waals surface area contributed by atoms with Crippen LogP contribution in [0.25, 0.3) is 0 Å². The number of hydrogen-bond donors (Lipinski definition) is 1. The van der Waals surface area contributed by atoms with Gasteiger partial charge in [0.15, 0.2) is 0 Å². The number of carbonyl (C=O) groups is 1. The monoisotopic (exact) mass is 295 g/mol. The first-order valence-electron chi connectivity index (χ1n) is 5.28. The summed E-state index contributed by atoms with van der Waals surface area (Å²) in [6.45, 7) is 0.276. The Hall–Kier alpha value is -1.63. The molecule has 0 saturated carbocycles. The van der Waals surface area contributed by atoms with E-state index in [9.17, 15) is 18.0 Å². The van der Waals surface area contributed by atoms with Crippen molar-refractivity contribution >= 4 is 17.7 Å². The lowest BCUT2D eigenvalue weighted by Gasteiger charge is -2.36. The number of hydrogen-bond acceptors (Lipinski definition) is 2. The summed E-state index contributed by atoms with van der Waals surface area (Å²) in [5.41, 5.74) is -0.971. The van der Waals surface area contributed by atoms with Gasteiger partial charge in [-0.1, -0.05) is 11.6 Å². The van der Waals surface area contributed by atoms with E-state index in [1.807, 2.05) is 0 Å². The second kappa shape index (κ2) is 4.80. The number of alkyl halides is 3. The molecule has 0 radical (unpaired) electrons. The van der Waals surface area contributed by atoms with Crippen molar-refractivity contribution in [2.45, 2.75) is 12.3 Å². The van der Waals surface area contributed by atoms with Crippen molar-refractivity contribution in [3.8, 4) is 5.75 Å². The average molecular weight is 296 g/mol. The number of likely N-dealkylation sites (tertiary alicyclic amines) is 1. The number of rotatable bonds is 2. The topological polar surface area (TPSA) is 49.8 Å². The summed E-state index contributed by atoms with van der Waals surface area (Å²) in [7, 11) is 0. The molecule has 104 valence electrons. The van der Waals surface area contributed by atoms with Gasteiger partial charge in [-0.05, 0) is 18.2 Å². The highest BCUT2D eigenvalue weighted by molar-refractivity contribution is 6.31. The number of ether oxygens (including phenoxy) is 1. The molecule has 1 N–H and O–H groups in total. The van der Waals surface area contributed by atoms with E-state index in [4.69, 9.17) is 21.4 Å². The van der Waals surface area contributed by atoms with Crippen molar-refractivity contribution in [1.29, 1.82) is 0 Å². The molecule has 1 fully saturated rings. The summed E-state index contributed by atoms with van der Waals surface area (Å²) >= 11 is 5.47. The summed E-state index contributed by atoms with van der Waals surface area (Å²) in [4.78, 5) is 11.6. The zero-order valence-corrected chi connectivity index (χ0v) is 10.2. The molecule has 19 heavy (non-hydrogen) atoms. The quantitative estimate of drug-likeness (QED) is 0.912. The first kappa shape index (κ1) is 13.8. The molecule has 1 heterocycles. The van der Waals surface area contributed by atoms with E-state index in [1.54, 1.807) is 0 Å². The van der Waals surface area contributed by atoms with E-state index in [1.165, 1.54) is 6.07 Å². The molecule has 0 atom stereocenters. The van der Waals surface area contributed by atoms with E-state index in [-0.39, 0.29) is 18.8 Å². The molecule has 0 unspecified atom stereocenters. The van der Waals surface area contributed by atoms with Gasteiger partial charge in [-0.15, -0.1) is 0 Å². The van der Waals surface area contributed by atoms with Gasteiger partial charge in [-0.3, -0.25) is 0 Å². The molecule has 0 aliphatic carbocycles. The van der Waals surface area contributed by atoms with Gasteiger partial charge in [0.2, 0.25) is 0 Å². The Balaban J connectivity index is 2.05. The van der Waals surface area contributed by atoms with E-state index in [2.05, 4.69) is 0 Å². The van der Waals surface area contributed by atoms with Gasteiger partial charge in [0.25, 0.3) is 0 Å². The van der Waals surface area contributed by atoms with Crippen LogP contribution < -0.4 is 4.74 Å². The Morgan fingerprint density at radius 3 is 2.58 bits per heavy atom. The van der Waals surface area contributed by atoms with E-state index in [0.717, 1.165) is 17.0 Å². The summed E-state index contributed by atoms with van der Waals surface area (Å²) in [5.74, 6) is 0.0202. The first-order valence-corrected chi connectivity index (χ1v) is 5.66. The molecule has 2 rings (SSSR count). The smallest absolute Gasteiger partial charge is 0.417 e. The maximum atomic E-state index is 12.6. The number of carboxylic acid groups (broad SMARTS) is 1. The normalized spacial score (nSPS) is 16.1. The van der Waals surface area contributed by atoms with Crippen LogP contribution in [0.3, 0.4) is 0 Å². The molecule has 1 amide bonds. The average Bonchev–Trinajstić information content (AvgIpc) is 2.22. The van der Waals surface area contributed by atoms with Crippen LogP contribution in [-0.4, -0.2) is 35.3 Å². The van der Waals surface area contributed by atoms with Gasteiger partial charge in [-0.25, -0.2) is 4.79 Å². The van der Waals surface area contributed by atoms with Crippen molar-refractivity contribution in [3.05, 3.63) is 28.8 Å². The zero-order valence-electron chi connectivity index (χ0n) is 9.45. The number of halogens is 4. The fraction of sp³-hybridized carbons (Fsp3) is 0.364. The van der Waals surface area contributed by atoms with Crippen LogP contribution in [-0.2, 0) is 6.18 Å². The molecule has 0 spiro atoms. The van der Waals surface area contributed by atoms with Crippen LogP contribution in [0.5, 0.6) is 5.75 Å². The predicted octanol–water partition coefficient (Wildman–Crippen LogP) is 3.10. The minimum atomic E-state index is -4.55. The Bertz CT molecular complexity index is 500. The van der Waals surface area contributed by atoms with Gasteiger partial charge < -0.3 is 14.7 Å². The van der Waals surface area contributed by atoms with Crippen LogP contribution in [0.1, 0.15) is 5.56 Å². The molecule has 8 heteroatoms. The highest BCUT2D eigenvalue weighted by Gasteiger charge is 2.35. The Labute approximate surface area is 111 Å². The molecule has 0 bridgehead atoms. The standard InChI is InChI=1S/C11H9ClF3NO3/c12-9-2-1-6(3-8(9)11(13,14)15)19-7-4-16(5-7)10(17)18/h1-3,7H,4-5H2,(H,17,18). The number of benzene rings is 1. The van der Waals surface area contributed by atoms with Gasteiger partial charge in [-0.2, -0.15) is 13.2 Å². The van der Waals surface area contributed by atoms with Gasteiger partial charge >= 0.3 is 12.3 Å². The molecule has 0 aromatic heterocycles. The molecular formula is C11H9ClF3NO3. The second-order valence-electron chi connectivity index (χ2n) is 4.07. The lowest BCUT2D eigenvalue weighted by atomic mass is 10.1. The van der Waals surface area contributed by atoms with Crippen LogP contribution in [0.2, 0.25) is 5.02 Å². The maximum Gasteiger partial charge on any atom is 0.417 e. The minimum absolute atomic E-state index is 0.0202. The van der Waals surface area contributed by atoms with Gasteiger partial charge in [0, 0.05) is 0 Å². The van der Waals surface area contributed by atoms with Crippen molar-refractivity contribution < 1.29 is 27.8 Å². The molecule has 1 aliphatic rings. The summed E-state index contributed by atoms with van der Waals surface area (Å²) in [5, 5.41) is 8.21. The highest BCUT2D eigenvalue weighted by Crippen LogP contribution is 2.37. The van der Waals surface area contributed by atoms with Crippen molar-refractivity contribution in [2.75, 3.05) is 13.1 Å². The van der Waals surface area contributed by atoms with Gasteiger partial charge in [0.1, 0.15) is 11.9 Å². The maximum absolute atomic E-state index is 12.6. The Kier molecular flexibility index (Phi) is 3.49. The number of amides is 1. The SMILES string of the molecule is O=C(O)N1CC(Oc2ccc(Cl)c(C(F)(F)F)c2)C1. The van der Waals surface area contributed by atoms with E-state index in [0.29, 0.717) is 0 Å². The van der Waals surface area contributed by atoms with Crippen molar-refractivity contribution in [2.24, 2.45) is 0 Å². The summed E-state index contributed by atoms with van der Waals surface area (Å²) < 4.78 is 43.1. The fourth-order valence-corrected chi connectivity index (χ4v) is 1.88. The fourth-order valence-electron chi connectivity index (χ4n) is 1.66. The first-order chi connectivity index (χ1) is 8.77. The predicted molar refractivity (Wildman–Crippen MR) is 60.5 cm³/mol. The van der Waals surface area contributed by atoms with E-state index >= 15 is 0 Å².